The van der Waals surface area contributed by atoms with Crippen LogP contribution < -0.4 is 5.32 Å². The number of nitrogens with zero attached hydrogens (tertiary/aromatic N) is 3. The summed E-state index contributed by atoms with van der Waals surface area (Å²) in [6, 6.07) is 15.7. The topological polar surface area (TPSA) is 50.2 Å². The minimum Gasteiger partial charge on any atom is -0.348 e. The smallest absolute Gasteiger partial charge is 0.322 e. The molecule has 5 nitrogen and oxygen atoms in total. The predicted octanol–water partition coefficient (Wildman–Crippen LogP) is 3.83. The second-order valence-corrected chi connectivity index (χ2v) is 6.31. The van der Waals surface area contributed by atoms with E-state index in [0.29, 0.717) is 6.54 Å². The highest BCUT2D eigenvalue weighted by Gasteiger charge is 2.32. The Hall–Kier alpha value is -3.08. The predicted molar refractivity (Wildman–Crippen MR) is 97.4 cm³/mol. The first-order valence-corrected chi connectivity index (χ1v) is 8.41. The summed E-state index contributed by atoms with van der Waals surface area (Å²) in [5.74, 6) is 0. The van der Waals surface area contributed by atoms with Crippen LogP contribution in [-0.2, 0) is 6.54 Å². The minimum atomic E-state index is -0.137. The van der Waals surface area contributed by atoms with E-state index >= 15 is 0 Å². The molecule has 1 unspecified atom stereocenters. The van der Waals surface area contributed by atoms with Crippen LogP contribution >= 0.6 is 0 Å². The Morgan fingerprint density at radius 3 is 2.88 bits per heavy atom. The molecule has 4 rings (SSSR count). The van der Waals surface area contributed by atoms with Crippen LogP contribution in [0.4, 0.5) is 10.5 Å². The first-order chi connectivity index (χ1) is 12.2. The first-order valence-electron chi connectivity index (χ1n) is 8.41. The summed E-state index contributed by atoms with van der Waals surface area (Å²) in [6.45, 7) is 3.46. The van der Waals surface area contributed by atoms with Gasteiger partial charge in [-0.1, -0.05) is 18.2 Å². The molecule has 25 heavy (non-hydrogen) atoms. The summed E-state index contributed by atoms with van der Waals surface area (Å²) in [5, 5.41) is 3.03. The monoisotopic (exact) mass is 332 g/mol. The lowest BCUT2D eigenvalue weighted by Gasteiger charge is -2.37. The van der Waals surface area contributed by atoms with Gasteiger partial charge >= 0.3 is 6.03 Å². The number of aromatic nitrogens is 2. The van der Waals surface area contributed by atoms with Crippen molar-refractivity contribution in [2.24, 2.45) is 0 Å². The summed E-state index contributed by atoms with van der Waals surface area (Å²) in [6.07, 6.45) is 5.65. The molecule has 1 aliphatic rings. The Balaban J connectivity index is 1.66. The van der Waals surface area contributed by atoms with E-state index in [1.807, 2.05) is 60.5 Å². The molecule has 0 bridgehead atoms. The molecule has 0 radical (unpaired) electrons. The molecule has 2 aromatic heterocycles. The third kappa shape index (κ3) is 3.01. The van der Waals surface area contributed by atoms with Crippen molar-refractivity contribution in [3.63, 3.8) is 0 Å². The standard InChI is InChI=1S/C20H20N4O/c1-15-5-2-7-17(13-15)22-20(25)24-12-11-23-10-4-8-18(23)19(24)16-6-3-9-21-14-16/h2-10,13-14,19H,11-12H2,1H3,(H,22,25). The van der Waals surface area contributed by atoms with E-state index < -0.39 is 0 Å². The average Bonchev–Trinajstić information content (AvgIpc) is 3.10. The number of urea groups is 1. The maximum absolute atomic E-state index is 13.0. The van der Waals surface area contributed by atoms with Gasteiger partial charge in [-0.3, -0.25) is 4.98 Å². The Morgan fingerprint density at radius 2 is 2.08 bits per heavy atom. The molecule has 1 N–H and O–H groups in total. The Bertz CT molecular complexity index is 887. The molecular weight excluding hydrogens is 312 g/mol. The number of carbonyl (C=O) groups excluding carboxylic acids is 1. The van der Waals surface area contributed by atoms with Crippen LogP contribution in [0, 0.1) is 6.92 Å². The van der Waals surface area contributed by atoms with Crippen LogP contribution in [0.25, 0.3) is 0 Å². The van der Waals surface area contributed by atoms with Gasteiger partial charge in [0.05, 0.1) is 0 Å². The van der Waals surface area contributed by atoms with Gasteiger partial charge < -0.3 is 14.8 Å². The van der Waals surface area contributed by atoms with E-state index in [-0.39, 0.29) is 12.1 Å². The molecule has 0 fully saturated rings. The van der Waals surface area contributed by atoms with Crippen molar-refractivity contribution in [1.82, 2.24) is 14.5 Å². The van der Waals surface area contributed by atoms with Gasteiger partial charge in [-0.2, -0.15) is 0 Å². The van der Waals surface area contributed by atoms with Crippen LogP contribution in [0.15, 0.2) is 67.1 Å². The van der Waals surface area contributed by atoms with Crippen molar-refractivity contribution in [2.45, 2.75) is 19.5 Å². The van der Waals surface area contributed by atoms with E-state index in [1.165, 1.54) is 0 Å². The number of hydrogen-bond donors (Lipinski definition) is 1. The largest absolute Gasteiger partial charge is 0.348 e. The van der Waals surface area contributed by atoms with Crippen molar-refractivity contribution >= 4 is 11.7 Å². The van der Waals surface area contributed by atoms with E-state index in [2.05, 4.69) is 27.1 Å². The molecule has 3 aromatic rings. The number of anilines is 1. The van der Waals surface area contributed by atoms with Crippen molar-refractivity contribution in [2.75, 3.05) is 11.9 Å². The molecule has 0 saturated carbocycles. The van der Waals surface area contributed by atoms with Crippen molar-refractivity contribution < 1.29 is 4.79 Å². The van der Waals surface area contributed by atoms with Gasteiger partial charge in [0.2, 0.25) is 0 Å². The molecule has 0 aliphatic carbocycles. The normalized spacial score (nSPS) is 16.4. The highest BCUT2D eigenvalue weighted by atomic mass is 16.2. The number of fused-ring (bicyclic) bond motifs is 1. The van der Waals surface area contributed by atoms with E-state index in [1.54, 1.807) is 6.20 Å². The average molecular weight is 332 g/mol. The lowest BCUT2D eigenvalue weighted by molar-refractivity contribution is 0.181. The van der Waals surface area contributed by atoms with E-state index in [0.717, 1.165) is 29.1 Å². The summed E-state index contributed by atoms with van der Waals surface area (Å²) >= 11 is 0. The van der Waals surface area contributed by atoms with Gasteiger partial charge in [-0.25, -0.2) is 4.79 Å². The van der Waals surface area contributed by atoms with Crippen LogP contribution in [-0.4, -0.2) is 27.0 Å². The van der Waals surface area contributed by atoms with Gasteiger partial charge in [-0.05, 0) is 48.4 Å². The van der Waals surface area contributed by atoms with E-state index in [9.17, 15) is 4.79 Å². The second-order valence-electron chi connectivity index (χ2n) is 6.31. The maximum atomic E-state index is 13.0. The van der Waals surface area contributed by atoms with Crippen molar-refractivity contribution in [1.29, 1.82) is 0 Å². The molecule has 1 aliphatic heterocycles. The highest BCUT2D eigenvalue weighted by Crippen LogP contribution is 2.32. The number of amides is 2. The van der Waals surface area contributed by atoms with Gasteiger partial charge in [0.25, 0.3) is 0 Å². The zero-order valence-electron chi connectivity index (χ0n) is 14.1. The third-order valence-corrected chi connectivity index (χ3v) is 4.57. The number of carbonyl (C=O) groups is 1. The zero-order valence-corrected chi connectivity index (χ0v) is 14.1. The number of pyridine rings is 1. The Labute approximate surface area is 146 Å². The molecule has 1 atom stereocenters. The van der Waals surface area contributed by atoms with Crippen LogP contribution in [0.2, 0.25) is 0 Å². The number of aryl methyl sites for hydroxylation is 1. The summed E-state index contributed by atoms with van der Waals surface area (Å²) in [4.78, 5) is 19.1. The minimum absolute atomic E-state index is 0.0908. The van der Waals surface area contributed by atoms with Gasteiger partial charge in [0.15, 0.2) is 0 Å². The number of hydrogen-bond acceptors (Lipinski definition) is 2. The number of benzene rings is 1. The van der Waals surface area contributed by atoms with Gasteiger partial charge in [0, 0.05) is 43.1 Å². The molecule has 5 heteroatoms. The highest BCUT2D eigenvalue weighted by molar-refractivity contribution is 5.90. The zero-order chi connectivity index (χ0) is 17.2. The molecular formula is C20H20N4O. The molecule has 0 spiro atoms. The van der Waals surface area contributed by atoms with E-state index in [4.69, 9.17) is 0 Å². The SMILES string of the molecule is Cc1cccc(NC(=O)N2CCn3cccc3C2c2cccnc2)c1. The third-order valence-electron chi connectivity index (χ3n) is 4.57. The fourth-order valence-electron chi connectivity index (χ4n) is 3.41. The lowest BCUT2D eigenvalue weighted by Crippen LogP contribution is -2.44. The maximum Gasteiger partial charge on any atom is 0.322 e. The second kappa shape index (κ2) is 6.43. The Kier molecular flexibility index (Phi) is 3.98. The van der Waals surface area contributed by atoms with Gasteiger partial charge in [-0.15, -0.1) is 0 Å². The van der Waals surface area contributed by atoms with Crippen LogP contribution in [0.3, 0.4) is 0 Å². The van der Waals surface area contributed by atoms with Crippen LogP contribution in [0.1, 0.15) is 22.9 Å². The lowest BCUT2D eigenvalue weighted by atomic mass is 10.0. The first kappa shape index (κ1) is 15.4. The van der Waals surface area contributed by atoms with Gasteiger partial charge in [0.1, 0.15) is 6.04 Å². The number of rotatable bonds is 2. The number of nitrogens with one attached hydrogen (secondary N) is 1. The molecule has 3 heterocycles. The molecule has 0 saturated heterocycles. The summed E-state index contributed by atoms with van der Waals surface area (Å²) < 4.78 is 2.20. The molecule has 2 amide bonds. The molecule has 126 valence electrons. The fraction of sp³-hybridized carbons (Fsp3) is 0.200. The quantitative estimate of drug-likeness (QED) is 0.775. The van der Waals surface area contributed by atoms with Crippen molar-refractivity contribution in [3.05, 3.63) is 83.9 Å². The summed E-state index contributed by atoms with van der Waals surface area (Å²) in [7, 11) is 0. The summed E-state index contributed by atoms with van der Waals surface area (Å²) in [5.41, 5.74) is 4.06. The molecule has 1 aromatic carbocycles. The fourth-order valence-corrected chi connectivity index (χ4v) is 3.41. The van der Waals surface area contributed by atoms with Crippen molar-refractivity contribution in [3.8, 4) is 0 Å². The Morgan fingerprint density at radius 1 is 1.16 bits per heavy atom. The van der Waals surface area contributed by atoms with Crippen LogP contribution in [0.5, 0.6) is 0 Å².